The quantitative estimate of drug-likeness (QED) is 0.0863. The maximum atomic E-state index is 14.5. The van der Waals surface area contributed by atoms with E-state index in [1.807, 2.05) is 30.3 Å². The van der Waals surface area contributed by atoms with Crippen LogP contribution in [0.15, 0.2) is 60.7 Å². The zero-order valence-electron chi connectivity index (χ0n) is 30.2. The molecule has 52 heavy (non-hydrogen) atoms. The number of ether oxygens (including phenoxy) is 1. The molecule has 1 aliphatic carbocycles. The topological polar surface area (TPSA) is 186 Å². The minimum Gasteiger partial charge on any atom is -0.445 e. The standard InChI is InChI=1S/C37H51N4O10P/c1-26-14-13-23-41(26,37(46)47)35(44)27(2)51-52(48,49-3)32(24-28-15-6-4-7-16-28)40-34(43)31(39-33(42)30-19-12-20-30)21-10-11-22-38-36(45)50-25-29-17-8-5-9-18-29/h4-9,15-18,26-27,30-32H,10-14,19-25H2,1-3H3,(H3-,38,39,40,42,43,45,46,47)/p+1/t26-,27?,31+,32+,41?,52?/m1/s1. The lowest BCUT2D eigenvalue weighted by Gasteiger charge is -2.34. The van der Waals surface area contributed by atoms with Crippen LogP contribution in [0, 0.1) is 5.92 Å². The van der Waals surface area contributed by atoms with Crippen molar-refractivity contribution in [2.75, 3.05) is 20.2 Å². The van der Waals surface area contributed by atoms with Crippen molar-refractivity contribution >= 4 is 37.5 Å². The van der Waals surface area contributed by atoms with Gasteiger partial charge in [0.15, 0.2) is 6.10 Å². The van der Waals surface area contributed by atoms with Crippen LogP contribution < -0.4 is 16.0 Å². The predicted octanol–water partition coefficient (Wildman–Crippen LogP) is 5.50. The Morgan fingerprint density at radius 1 is 0.923 bits per heavy atom. The number of hydrogen-bond acceptors (Lipinski definition) is 9. The summed E-state index contributed by atoms with van der Waals surface area (Å²) in [5.74, 6) is -3.12. The number of unbranched alkanes of at least 4 members (excludes halogenated alkanes) is 1. The van der Waals surface area contributed by atoms with Gasteiger partial charge >= 0.3 is 25.7 Å². The number of rotatable bonds is 18. The molecule has 1 heterocycles. The Kier molecular flexibility index (Phi) is 14.9. The minimum absolute atomic E-state index is 0.00769. The van der Waals surface area contributed by atoms with Gasteiger partial charge in [-0.1, -0.05) is 67.1 Å². The van der Waals surface area contributed by atoms with Gasteiger partial charge in [-0.15, -0.1) is 0 Å². The molecule has 3 unspecified atom stereocenters. The van der Waals surface area contributed by atoms with Crippen molar-refractivity contribution in [3.05, 3.63) is 71.8 Å². The molecule has 0 aromatic heterocycles. The zero-order valence-corrected chi connectivity index (χ0v) is 31.1. The van der Waals surface area contributed by atoms with Crippen LogP contribution in [0.3, 0.4) is 0 Å². The summed E-state index contributed by atoms with van der Waals surface area (Å²) in [6, 6.07) is 16.7. The van der Waals surface area contributed by atoms with Gasteiger partial charge in [-0.2, -0.15) is 9.28 Å². The number of carbonyl (C=O) groups is 5. The predicted molar refractivity (Wildman–Crippen MR) is 192 cm³/mol. The highest BCUT2D eigenvalue weighted by molar-refractivity contribution is 7.54. The third-order valence-corrected chi connectivity index (χ3v) is 12.2. The number of carboxylic acid groups (broad SMARTS) is 1. The molecule has 6 atom stereocenters. The Morgan fingerprint density at radius 3 is 2.13 bits per heavy atom. The Bertz CT molecular complexity index is 1570. The summed E-state index contributed by atoms with van der Waals surface area (Å²) < 4.78 is 30.3. The number of nitrogens with zero attached hydrogens (tertiary/aromatic N) is 1. The number of nitrogens with one attached hydrogen (secondary N) is 3. The zero-order chi connectivity index (χ0) is 37.7. The van der Waals surface area contributed by atoms with Crippen molar-refractivity contribution in [2.45, 2.75) is 102 Å². The highest BCUT2D eigenvalue weighted by atomic mass is 31.2. The normalized spacial score (nSPS) is 21.4. The lowest BCUT2D eigenvalue weighted by atomic mass is 9.84. The van der Waals surface area contributed by atoms with Crippen molar-refractivity contribution in [3.63, 3.8) is 0 Å². The fourth-order valence-corrected chi connectivity index (χ4v) is 8.37. The van der Waals surface area contributed by atoms with Crippen molar-refractivity contribution in [1.82, 2.24) is 16.0 Å². The first-order chi connectivity index (χ1) is 24.9. The van der Waals surface area contributed by atoms with E-state index in [0.717, 1.165) is 31.9 Å². The van der Waals surface area contributed by atoms with Gasteiger partial charge in [0.25, 0.3) is 0 Å². The third kappa shape index (κ3) is 10.5. The Hall–Kier alpha value is -4.10. The van der Waals surface area contributed by atoms with E-state index in [9.17, 15) is 33.6 Å². The van der Waals surface area contributed by atoms with E-state index in [4.69, 9.17) is 13.8 Å². The van der Waals surface area contributed by atoms with Gasteiger partial charge < -0.3 is 30.3 Å². The molecule has 14 nitrogen and oxygen atoms in total. The molecule has 0 radical (unpaired) electrons. The lowest BCUT2D eigenvalue weighted by molar-refractivity contribution is -0.793. The van der Waals surface area contributed by atoms with Crippen molar-refractivity contribution < 1.29 is 51.9 Å². The summed E-state index contributed by atoms with van der Waals surface area (Å²) in [6.07, 6.45) is 1.24. The number of amides is 5. The number of carbonyl (C=O) groups excluding carboxylic acids is 4. The van der Waals surface area contributed by atoms with Gasteiger partial charge in [-0.25, -0.2) is 9.59 Å². The van der Waals surface area contributed by atoms with Gasteiger partial charge in [0, 0.05) is 38.8 Å². The summed E-state index contributed by atoms with van der Waals surface area (Å²) >= 11 is 0. The van der Waals surface area contributed by atoms with Crippen LogP contribution in [0.4, 0.5) is 9.59 Å². The van der Waals surface area contributed by atoms with Crippen LogP contribution in [-0.4, -0.2) is 83.7 Å². The molecular weight excluding hydrogens is 691 g/mol. The Morgan fingerprint density at radius 2 is 1.58 bits per heavy atom. The van der Waals surface area contributed by atoms with Gasteiger partial charge in [-0.3, -0.25) is 18.7 Å². The van der Waals surface area contributed by atoms with E-state index in [2.05, 4.69) is 16.0 Å². The second-order valence-corrected chi connectivity index (χ2v) is 15.8. The lowest BCUT2D eigenvalue weighted by Crippen LogP contribution is -2.61. The smallest absolute Gasteiger partial charge is 0.445 e. The van der Waals surface area contributed by atoms with Crippen LogP contribution in [0.5, 0.6) is 0 Å². The highest BCUT2D eigenvalue weighted by Gasteiger charge is 2.56. The van der Waals surface area contributed by atoms with Gasteiger partial charge in [0.2, 0.25) is 11.8 Å². The average Bonchev–Trinajstić information content (AvgIpc) is 3.51. The molecule has 284 valence electrons. The van der Waals surface area contributed by atoms with E-state index in [1.165, 1.54) is 6.92 Å². The van der Waals surface area contributed by atoms with Crippen LogP contribution >= 0.6 is 7.60 Å². The molecular formula is C37H52N4O10P+. The number of hydrogen-bond donors (Lipinski definition) is 4. The summed E-state index contributed by atoms with van der Waals surface area (Å²) in [4.78, 5) is 65.3. The minimum atomic E-state index is -4.35. The Labute approximate surface area is 305 Å². The molecule has 2 aromatic rings. The fourth-order valence-electron chi connectivity index (χ4n) is 6.63. The largest absolute Gasteiger partial charge is 0.521 e. The number of benzene rings is 2. The second kappa shape index (κ2) is 19.1. The SMILES string of the molecule is COP(=O)(OC(C)C(=O)[N+]1(C(=O)O)CCC[C@H]1C)[C@@H](Cc1ccccc1)NC(=O)[C@H](CCCCNC(=O)OCc1ccccc1)NC(=O)C1CCC1. The number of likely N-dealkylation sites (tertiary alicyclic amines) is 1. The highest BCUT2D eigenvalue weighted by Crippen LogP contribution is 2.54. The van der Waals surface area contributed by atoms with E-state index in [0.29, 0.717) is 31.2 Å². The van der Waals surface area contributed by atoms with E-state index in [1.54, 1.807) is 37.3 Å². The first kappa shape index (κ1) is 40.7. The molecule has 2 fully saturated rings. The maximum Gasteiger partial charge on any atom is 0.521 e. The summed E-state index contributed by atoms with van der Waals surface area (Å²) in [6.45, 7) is 3.52. The van der Waals surface area contributed by atoms with Crippen molar-refractivity contribution in [2.24, 2.45) is 5.92 Å². The summed E-state index contributed by atoms with van der Waals surface area (Å²) in [5.41, 5.74) is 1.55. The van der Waals surface area contributed by atoms with E-state index < -0.39 is 60.1 Å². The first-order valence-electron chi connectivity index (χ1n) is 18.0. The number of quaternary nitrogens is 1. The third-order valence-electron chi connectivity index (χ3n) is 10.0. The molecule has 1 aliphatic heterocycles. The average molecular weight is 744 g/mol. The van der Waals surface area contributed by atoms with Crippen LogP contribution in [0.25, 0.3) is 0 Å². The van der Waals surface area contributed by atoms with Crippen molar-refractivity contribution in [1.29, 1.82) is 0 Å². The first-order valence-corrected chi connectivity index (χ1v) is 19.6. The molecule has 0 spiro atoms. The molecule has 2 aromatic carbocycles. The van der Waals surface area contributed by atoms with Gasteiger partial charge in [0.05, 0.1) is 6.54 Å². The molecule has 0 bridgehead atoms. The molecule has 5 amide bonds. The summed E-state index contributed by atoms with van der Waals surface area (Å²) in [7, 11) is -3.21. The van der Waals surface area contributed by atoms with Gasteiger partial charge in [-0.05, 0) is 57.1 Å². The summed E-state index contributed by atoms with van der Waals surface area (Å²) in [5, 5.41) is 18.4. The number of alkyl carbamates (subject to hydrolysis) is 1. The Balaban J connectivity index is 1.45. The number of imide groups is 1. The van der Waals surface area contributed by atoms with Crippen LogP contribution in [0.2, 0.25) is 0 Å². The molecule has 1 saturated carbocycles. The second-order valence-electron chi connectivity index (χ2n) is 13.6. The molecule has 15 heteroatoms. The molecule has 4 N–H and O–H groups in total. The van der Waals surface area contributed by atoms with Gasteiger partial charge in [0.1, 0.15) is 24.5 Å². The van der Waals surface area contributed by atoms with E-state index >= 15 is 0 Å². The molecule has 4 rings (SSSR count). The molecule has 2 aliphatic rings. The molecule has 1 saturated heterocycles. The van der Waals surface area contributed by atoms with Crippen LogP contribution in [-0.2, 0) is 45.8 Å². The van der Waals surface area contributed by atoms with E-state index in [-0.39, 0.29) is 44.4 Å². The van der Waals surface area contributed by atoms with Crippen molar-refractivity contribution in [3.8, 4) is 0 Å². The fraction of sp³-hybridized carbons (Fsp3) is 0.541. The monoisotopic (exact) mass is 743 g/mol. The maximum absolute atomic E-state index is 14.5. The van der Waals surface area contributed by atoms with Crippen LogP contribution in [0.1, 0.15) is 76.3 Å².